The molecule has 1 saturated heterocycles. The number of nitrogens with zero attached hydrogens (tertiary/aromatic N) is 1. The van der Waals surface area contributed by atoms with Crippen LogP contribution in [0.5, 0.6) is 0 Å². The number of hydrogen-bond acceptors (Lipinski definition) is 4. The lowest BCUT2D eigenvalue weighted by molar-refractivity contribution is -0.0300. The third-order valence-corrected chi connectivity index (χ3v) is 6.07. The first-order chi connectivity index (χ1) is 12.5. The SMILES string of the molecule is Cc1ccc(S(=O)(=O)NCCCN2CCOC(c3ccccc3)C2)cc1. The molecule has 0 spiro atoms. The molecule has 1 heterocycles. The van der Waals surface area contributed by atoms with E-state index >= 15 is 0 Å². The van der Waals surface area contributed by atoms with E-state index in [9.17, 15) is 8.42 Å². The molecule has 2 aromatic rings. The van der Waals surface area contributed by atoms with Gasteiger partial charge in [-0.05, 0) is 37.6 Å². The lowest BCUT2D eigenvalue weighted by atomic mass is 10.1. The monoisotopic (exact) mass is 374 g/mol. The average molecular weight is 375 g/mol. The maximum atomic E-state index is 12.3. The second kappa shape index (κ2) is 8.77. The maximum absolute atomic E-state index is 12.3. The van der Waals surface area contributed by atoms with Crippen molar-refractivity contribution < 1.29 is 13.2 Å². The molecule has 26 heavy (non-hydrogen) atoms. The van der Waals surface area contributed by atoms with E-state index in [1.165, 1.54) is 5.56 Å². The van der Waals surface area contributed by atoms with E-state index in [1.54, 1.807) is 12.1 Å². The molecule has 1 atom stereocenters. The van der Waals surface area contributed by atoms with Crippen molar-refractivity contribution >= 4 is 10.0 Å². The first-order valence-electron chi connectivity index (χ1n) is 9.00. The normalized spacial score (nSPS) is 18.7. The second-order valence-electron chi connectivity index (χ2n) is 6.64. The zero-order valence-corrected chi connectivity index (χ0v) is 15.9. The molecule has 1 unspecified atom stereocenters. The van der Waals surface area contributed by atoms with Gasteiger partial charge in [-0.3, -0.25) is 4.90 Å². The average Bonchev–Trinajstić information content (AvgIpc) is 2.67. The van der Waals surface area contributed by atoms with Gasteiger partial charge in [0.2, 0.25) is 10.0 Å². The van der Waals surface area contributed by atoms with Crippen LogP contribution in [-0.2, 0) is 14.8 Å². The molecule has 0 radical (unpaired) electrons. The first kappa shape index (κ1) is 19.0. The highest BCUT2D eigenvalue weighted by Crippen LogP contribution is 2.21. The summed E-state index contributed by atoms with van der Waals surface area (Å²) in [6.45, 7) is 5.65. The zero-order chi connectivity index (χ0) is 18.4. The lowest BCUT2D eigenvalue weighted by Gasteiger charge is -2.33. The first-order valence-corrected chi connectivity index (χ1v) is 10.5. The van der Waals surface area contributed by atoms with Crippen molar-refractivity contribution in [3.05, 3.63) is 65.7 Å². The minimum absolute atomic E-state index is 0.0919. The van der Waals surface area contributed by atoms with E-state index in [-0.39, 0.29) is 6.10 Å². The molecular weight excluding hydrogens is 348 g/mol. The summed E-state index contributed by atoms with van der Waals surface area (Å²) in [5.74, 6) is 0. The number of morpholine rings is 1. The van der Waals surface area contributed by atoms with Gasteiger partial charge in [0.15, 0.2) is 0 Å². The van der Waals surface area contributed by atoms with Crippen molar-refractivity contribution in [2.75, 3.05) is 32.8 Å². The van der Waals surface area contributed by atoms with Crippen LogP contribution in [0.15, 0.2) is 59.5 Å². The Labute approximate surface area is 156 Å². The molecule has 0 aromatic heterocycles. The van der Waals surface area contributed by atoms with Crippen molar-refractivity contribution in [3.63, 3.8) is 0 Å². The van der Waals surface area contributed by atoms with Crippen molar-refractivity contribution in [3.8, 4) is 0 Å². The van der Waals surface area contributed by atoms with Gasteiger partial charge in [-0.15, -0.1) is 0 Å². The largest absolute Gasteiger partial charge is 0.371 e. The van der Waals surface area contributed by atoms with Gasteiger partial charge in [-0.1, -0.05) is 48.0 Å². The summed E-state index contributed by atoms with van der Waals surface area (Å²) in [6.07, 6.45) is 0.862. The Hall–Kier alpha value is -1.73. The van der Waals surface area contributed by atoms with E-state index in [0.717, 1.165) is 31.6 Å². The van der Waals surface area contributed by atoms with E-state index < -0.39 is 10.0 Å². The molecular formula is C20H26N2O3S. The van der Waals surface area contributed by atoms with Crippen LogP contribution >= 0.6 is 0 Å². The molecule has 6 heteroatoms. The van der Waals surface area contributed by atoms with E-state index in [2.05, 4.69) is 21.8 Å². The fourth-order valence-corrected chi connectivity index (χ4v) is 4.16. The Morgan fingerprint density at radius 1 is 1.12 bits per heavy atom. The molecule has 1 N–H and O–H groups in total. The van der Waals surface area contributed by atoms with E-state index in [1.807, 2.05) is 37.3 Å². The highest BCUT2D eigenvalue weighted by atomic mass is 32.2. The molecule has 0 saturated carbocycles. The van der Waals surface area contributed by atoms with Crippen molar-refractivity contribution in [2.24, 2.45) is 0 Å². The summed E-state index contributed by atoms with van der Waals surface area (Å²) in [7, 11) is -3.43. The second-order valence-corrected chi connectivity index (χ2v) is 8.40. The standard InChI is InChI=1S/C20H26N2O3S/c1-17-8-10-19(11-9-17)26(23,24)21-12-5-13-22-14-15-25-20(16-22)18-6-3-2-4-7-18/h2-4,6-11,20-21H,5,12-16H2,1H3. The number of sulfonamides is 1. The maximum Gasteiger partial charge on any atom is 0.240 e. The fourth-order valence-electron chi connectivity index (χ4n) is 3.08. The van der Waals surface area contributed by atoms with Gasteiger partial charge in [0, 0.05) is 19.6 Å². The Bertz CT molecular complexity index is 792. The van der Waals surface area contributed by atoms with Gasteiger partial charge >= 0.3 is 0 Å². The van der Waals surface area contributed by atoms with Crippen LogP contribution in [0.4, 0.5) is 0 Å². The third-order valence-electron chi connectivity index (χ3n) is 4.60. The van der Waals surface area contributed by atoms with E-state index in [0.29, 0.717) is 18.0 Å². The van der Waals surface area contributed by atoms with Crippen LogP contribution in [0, 0.1) is 6.92 Å². The van der Waals surface area contributed by atoms with Crippen LogP contribution in [0.1, 0.15) is 23.7 Å². The van der Waals surface area contributed by atoms with Crippen LogP contribution in [0.3, 0.4) is 0 Å². The van der Waals surface area contributed by atoms with Crippen molar-refractivity contribution in [2.45, 2.75) is 24.3 Å². The summed E-state index contributed by atoms with van der Waals surface area (Å²) < 4.78 is 33.1. The Kier molecular flexibility index (Phi) is 6.43. The third kappa shape index (κ3) is 5.14. The summed E-state index contributed by atoms with van der Waals surface area (Å²) in [6, 6.07) is 17.1. The van der Waals surface area contributed by atoms with Crippen molar-refractivity contribution in [1.29, 1.82) is 0 Å². The van der Waals surface area contributed by atoms with Crippen LogP contribution in [-0.4, -0.2) is 46.1 Å². The molecule has 0 amide bonds. The smallest absolute Gasteiger partial charge is 0.240 e. The summed E-state index contributed by atoms with van der Waals surface area (Å²) in [5.41, 5.74) is 2.24. The van der Waals surface area contributed by atoms with Crippen LogP contribution in [0.25, 0.3) is 0 Å². The molecule has 1 fully saturated rings. The minimum Gasteiger partial charge on any atom is -0.371 e. The molecule has 1 aliphatic rings. The predicted octanol–water partition coefficient (Wildman–Crippen LogP) is 2.74. The molecule has 140 valence electrons. The molecule has 5 nitrogen and oxygen atoms in total. The molecule has 1 aliphatic heterocycles. The number of ether oxygens (including phenoxy) is 1. The number of aryl methyl sites for hydroxylation is 1. The van der Waals surface area contributed by atoms with Gasteiger partial charge in [-0.25, -0.2) is 13.1 Å². The van der Waals surface area contributed by atoms with Crippen molar-refractivity contribution in [1.82, 2.24) is 9.62 Å². The van der Waals surface area contributed by atoms with Gasteiger partial charge in [0.1, 0.15) is 0 Å². The molecule has 2 aromatic carbocycles. The Morgan fingerprint density at radius 2 is 1.85 bits per heavy atom. The highest BCUT2D eigenvalue weighted by molar-refractivity contribution is 7.89. The molecule has 3 rings (SSSR count). The summed E-state index contributed by atoms with van der Waals surface area (Å²) in [4.78, 5) is 2.65. The summed E-state index contributed by atoms with van der Waals surface area (Å²) >= 11 is 0. The topological polar surface area (TPSA) is 58.6 Å². The fraction of sp³-hybridized carbons (Fsp3) is 0.400. The number of rotatable bonds is 7. The van der Waals surface area contributed by atoms with Gasteiger partial charge in [0.25, 0.3) is 0 Å². The summed E-state index contributed by atoms with van der Waals surface area (Å²) in [5, 5.41) is 0. The Morgan fingerprint density at radius 3 is 2.58 bits per heavy atom. The van der Waals surface area contributed by atoms with Gasteiger partial charge < -0.3 is 4.74 Å². The minimum atomic E-state index is -3.43. The van der Waals surface area contributed by atoms with Gasteiger partial charge in [0.05, 0.1) is 17.6 Å². The number of hydrogen-bond donors (Lipinski definition) is 1. The number of benzene rings is 2. The Balaban J connectivity index is 1.45. The van der Waals surface area contributed by atoms with Gasteiger partial charge in [-0.2, -0.15) is 0 Å². The van der Waals surface area contributed by atoms with Crippen LogP contribution in [0.2, 0.25) is 0 Å². The highest BCUT2D eigenvalue weighted by Gasteiger charge is 2.21. The predicted molar refractivity (Wildman–Crippen MR) is 103 cm³/mol. The van der Waals surface area contributed by atoms with E-state index in [4.69, 9.17) is 4.74 Å². The number of nitrogens with one attached hydrogen (secondary N) is 1. The quantitative estimate of drug-likeness (QED) is 0.757. The molecule has 0 bridgehead atoms. The lowest BCUT2D eigenvalue weighted by Crippen LogP contribution is -2.39. The zero-order valence-electron chi connectivity index (χ0n) is 15.1. The van der Waals surface area contributed by atoms with Crippen LogP contribution < -0.4 is 4.72 Å². The molecule has 0 aliphatic carbocycles.